The van der Waals surface area contributed by atoms with Crippen LogP contribution in [-0.4, -0.2) is 41.6 Å². The van der Waals surface area contributed by atoms with E-state index in [0.29, 0.717) is 24.7 Å². The number of hydrogen-bond acceptors (Lipinski definition) is 4. The number of amides is 2. The standard InChI is InChI=1S/C22H31ClN2O4/c1-14(2)18(24-20(27)29-21(3,4)5)19(26)25-10-8-22(9-11-25)17-7-6-16(23)12-15(17)13-28-22/h6-7,12,14,18H,8-11,13H2,1-5H3,(H,24,27). The van der Waals surface area contributed by atoms with Crippen LogP contribution in [0.2, 0.25) is 5.02 Å². The van der Waals surface area contributed by atoms with E-state index in [4.69, 9.17) is 21.1 Å². The topological polar surface area (TPSA) is 67.9 Å². The molecule has 0 aromatic heterocycles. The second-order valence-corrected chi connectivity index (χ2v) is 9.71. The fourth-order valence-corrected chi connectivity index (χ4v) is 4.26. The summed E-state index contributed by atoms with van der Waals surface area (Å²) in [6.45, 7) is 11.0. The molecule has 7 heteroatoms. The van der Waals surface area contributed by atoms with Crippen molar-refractivity contribution in [2.75, 3.05) is 13.1 Å². The number of fused-ring (bicyclic) bond motifs is 2. The lowest BCUT2D eigenvalue weighted by Gasteiger charge is -2.40. The highest BCUT2D eigenvalue weighted by Crippen LogP contribution is 2.44. The van der Waals surface area contributed by atoms with Crippen LogP contribution in [-0.2, 0) is 26.5 Å². The molecular weight excluding hydrogens is 392 g/mol. The van der Waals surface area contributed by atoms with Gasteiger partial charge in [0, 0.05) is 18.1 Å². The smallest absolute Gasteiger partial charge is 0.408 e. The van der Waals surface area contributed by atoms with E-state index in [-0.39, 0.29) is 17.4 Å². The van der Waals surface area contributed by atoms with Crippen molar-refractivity contribution in [2.45, 2.75) is 71.3 Å². The van der Waals surface area contributed by atoms with Gasteiger partial charge in [0.15, 0.2) is 0 Å². The molecule has 1 spiro atoms. The number of benzene rings is 1. The zero-order valence-corrected chi connectivity index (χ0v) is 18.6. The fraction of sp³-hybridized carbons (Fsp3) is 0.636. The molecule has 0 radical (unpaired) electrons. The van der Waals surface area contributed by atoms with Gasteiger partial charge in [0.2, 0.25) is 5.91 Å². The van der Waals surface area contributed by atoms with Gasteiger partial charge in [-0.1, -0.05) is 31.5 Å². The molecule has 2 heterocycles. The Labute approximate surface area is 177 Å². The normalized spacial score (nSPS) is 19.2. The Kier molecular flexibility index (Phi) is 6.16. The van der Waals surface area contributed by atoms with Crippen LogP contribution in [0.25, 0.3) is 0 Å². The molecule has 1 fully saturated rings. The Morgan fingerprint density at radius 3 is 2.48 bits per heavy atom. The quantitative estimate of drug-likeness (QED) is 0.791. The molecule has 0 bridgehead atoms. The zero-order chi connectivity index (χ0) is 21.4. The highest BCUT2D eigenvalue weighted by atomic mass is 35.5. The molecule has 1 atom stereocenters. The highest BCUT2D eigenvalue weighted by Gasteiger charge is 2.44. The number of piperidine rings is 1. The third-order valence-corrected chi connectivity index (χ3v) is 5.78. The summed E-state index contributed by atoms with van der Waals surface area (Å²) in [5.41, 5.74) is 1.36. The number of carbonyl (C=O) groups is 2. The number of carbonyl (C=O) groups excluding carboxylic acids is 2. The summed E-state index contributed by atoms with van der Waals surface area (Å²) in [7, 11) is 0. The minimum absolute atomic E-state index is 0.0449. The zero-order valence-electron chi connectivity index (χ0n) is 17.9. The number of ether oxygens (including phenoxy) is 2. The number of nitrogens with one attached hydrogen (secondary N) is 1. The van der Waals surface area contributed by atoms with E-state index in [2.05, 4.69) is 5.32 Å². The van der Waals surface area contributed by atoms with Gasteiger partial charge in [-0.15, -0.1) is 0 Å². The van der Waals surface area contributed by atoms with E-state index in [1.165, 1.54) is 5.56 Å². The van der Waals surface area contributed by atoms with Crippen LogP contribution in [0.3, 0.4) is 0 Å². The summed E-state index contributed by atoms with van der Waals surface area (Å²) in [6.07, 6.45) is 0.887. The third-order valence-electron chi connectivity index (χ3n) is 5.55. The summed E-state index contributed by atoms with van der Waals surface area (Å²) in [5, 5.41) is 3.47. The first-order valence-electron chi connectivity index (χ1n) is 10.2. The average Bonchev–Trinajstić information content (AvgIpc) is 2.95. The molecule has 29 heavy (non-hydrogen) atoms. The number of nitrogens with zero attached hydrogens (tertiary/aromatic N) is 1. The van der Waals surface area contributed by atoms with Crippen LogP contribution in [0.15, 0.2) is 18.2 Å². The van der Waals surface area contributed by atoms with Crippen molar-refractivity contribution < 1.29 is 19.1 Å². The van der Waals surface area contributed by atoms with E-state index in [9.17, 15) is 9.59 Å². The summed E-state index contributed by atoms with van der Waals surface area (Å²) < 4.78 is 11.5. The summed E-state index contributed by atoms with van der Waals surface area (Å²) >= 11 is 6.11. The molecule has 6 nitrogen and oxygen atoms in total. The van der Waals surface area contributed by atoms with Crippen LogP contribution >= 0.6 is 11.6 Å². The first kappa shape index (κ1) is 21.9. The van der Waals surface area contributed by atoms with Crippen LogP contribution in [0.1, 0.15) is 58.6 Å². The van der Waals surface area contributed by atoms with Gasteiger partial charge in [0.1, 0.15) is 11.6 Å². The first-order valence-corrected chi connectivity index (χ1v) is 10.6. The predicted molar refractivity (Wildman–Crippen MR) is 112 cm³/mol. The van der Waals surface area contributed by atoms with Crippen molar-refractivity contribution in [3.63, 3.8) is 0 Å². The lowest BCUT2D eigenvalue weighted by atomic mass is 9.83. The van der Waals surface area contributed by atoms with Gasteiger partial charge in [-0.3, -0.25) is 4.79 Å². The molecule has 1 aromatic rings. The van der Waals surface area contributed by atoms with Gasteiger partial charge in [0.05, 0.1) is 12.2 Å². The Bertz CT molecular complexity index is 780. The van der Waals surface area contributed by atoms with Gasteiger partial charge in [0.25, 0.3) is 0 Å². The molecule has 3 rings (SSSR count). The van der Waals surface area contributed by atoms with Gasteiger partial charge in [-0.05, 0) is 62.8 Å². The van der Waals surface area contributed by atoms with E-state index >= 15 is 0 Å². The third kappa shape index (κ3) is 4.86. The van der Waals surface area contributed by atoms with Crippen molar-refractivity contribution in [3.8, 4) is 0 Å². The summed E-state index contributed by atoms with van der Waals surface area (Å²) in [5.74, 6) is -0.119. The lowest BCUT2D eigenvalue weighted by molar-refractivity contribution is -0.141. The van der Waals surface area contributed by atoms with Gasteiger partial charge < -0.3 is 19.7 Å². The molecule has 0 saturated carbocycles. The van der Waals surface area contributed by atoms with Crippen molar-refractivity contribution in [1.29, 1.82) is 0 Å². The fourth-order valence-electron chi connectivity index (χ4n) is 4.07. The second-order valence-electron chi connectivity index (χ2n) is 9.28. The second kappa shape index (κ2) is 8.15. The molecule has 2 amide bonds. The van der Waals surface area contributed by atoms with Gasteiger partial charge in [-0.2, -0.15) is 0 Å². The SMILES string of the molecule is CC(C)C(NC(=O)OC(C)(C)C)C(=O)N1CCC2(CC1)OCc1cc(Cl)ccc12. The molecule has 0 aliphatic carbocycles. The maximum Gasteiger partial charge on any atom is 0.408 e. The summed E-state index contributed by atoms with van der Waals surface area (Å²) in [4.78, 5) is 27.2. The molecule has 1 unspecified atom stereocenters. The lowest BCUT2D eigenvalue weighted by Crippen LogP contribution is -2.55. The Hall–Kier alpha value is -1.79. The van der Waals surface area contributed by atoms with E-state index < -0.39 is 17.7 Å². The molecule has 2 aliphatic heterocycles. The Balaban J connectivity index is 1.65. The average molecular weight is 423 g/mol. The Morgan fingerprint density at radius 2 is 1.90 bits per heavy atom. The largest absolute Gasteiger partial charge is 0.444 e. The molecule has 160 valence electrons. The molecule has 2 aliphatic rings. The first-order chi connectivity index (χ1) is 13.5. The number of halogens is 1. The monoisotopic (exact) mass is 422 g/mol. The number of alkyl carbamates (subject to hydrolysis) is 1. The number of rotatable bonds is 3. The van der Waals surface area contributed by atoms with Gasteiger partial charge >= 0.3 is 6.09 Å². The van der Waals surface area contributed by atoms with E-state index in [0.717, 1.165) is 18.4 Å². The number of likely N-dealkylation sites (tertiary alicyclic amines) is 1. The molecule has 1 aromatic carbocycles. The Morgan fingerprint density at radius 1 is 1.24 bits per heavy atom. The van der Waals surface area contributed by atoms with Crippen LogP contribution in [0.5, 0.6) is 0 Å². The maximum atomic E-state index is 13.1. The highest BCUT2D eigenvalue weighted by molar-refractivity contribution is 6.30. The van der Waals surface area contributed by atoms with Crippen LogP contribution in [0, 0.1) is 5.92 Å². The van der Waals surface area contributed by atoms with E-state index in [1.54, 1.807) is 20.8 Å². The number of hydrogen-bond donors (Lipinski definition) is 1. The van der Waals surface area contributed by atoms with Gasteiger partial charge in [-0.25, -0.2) is 4.79 Å². The molecule has 1 saturated heterocycles. The van der Waals surface area contributed by atoms with E-state index in [1.807, 2.05) is 36.9 Å². The molecular formula is C22H31ClN2O4. The van der Waals surface area contributed by atoms with Crippen molar-refractivity contribution in [3.05, 3.63) is 34.3 Å². The van der Waals surface area contributed by atoms with Crippen molar-refractivity contribution in [1.82, 2.24) is 10.2 Å². The minimum Gasteiger partial charge on any atom is -0.444 e. The van der Waals surface area contributed by atoms with Crippen molar-refractivity contribution in [2.24, 2.45) is 5.92 Å². The van der Waals surface area contributed by atoms with Crippen molar-refractivity contribution >= 4 is 23.6 Å². The van der Waals surface area contributed by atoms with Crippen LogP contribution in [0.4, 0.5) is 4.79 Å². The predicted octanol–water partition coefficient (Wildman–Crippen LogP) is 4.24. The maximum absolute atomic E-state index is 13.1. The molecule has 1 N–H and O–H groups in total. The summed E-state index contributed by atoms with van der Waals surface area (Å²) in [6, 6.07) is 5.29. The minimum atomic E-state index is -0.616. The van der Waals surface area contributed by atoms with Crippen LogP contribution < -0.4 is 5.32 Å².